The minimum Gasteiger partial charge on any atom is -0.506 e. The Morgan fingerprint density at radius 3 is 2.87 bits per heavy atom. The minimum atomic E-state index is -0.613. The molecule has 1 atom stereocenters. The van der Waals surface area contributed by atoms with Gasteiger partial charge < -0.3 is 15.4 Å². The number of H-pyrrole nitrogens is 1. The van der Waals surface area contributed by atoms with E-state index in [9.17, 15) is 19.5 Å². The van der Waals surface area contributed by atoms with Crippen molar-refractivity contribution >= 4 is 62.5 Å². The number of phenolic OH excluding ortho intramolecular Hbond substituents is 1. The summed E-state index contributed by atoms with van der Waals surface area (Å²) in [6.45, 7) is 3.63. The standard InChI is InChI=1S/C21H17N3O4S3/c1-10-16(15-4-3-7-29-15)17-19(28)23-21(24-20(17)30-10)31-11(2)18(27)22-13-8-12(9-25)5-6-14(13)26/h3-9,11,26H,1-2H3,(H,22,27)(H,23,24,28). The van der Waals surface area contributed by atoms with Crippen LogP contribution in [-0.4, -0.2) is 32.5 Å². The molecule has 7 nitrogen and oxygen atoms in total. The molecule has 158 valence electrons. The van der Waals surface area contributed by atoms with E-state index in [0.717, 1.165) is 27.1 Å². The number of carbonyl (C=O) groups excluding carboxylic acids is 2. The van der Waals surface area contributed by atoms with Gasteiger partial charge in [0.15, 0.2) is 5.16 Å². The molecule has 31 heavy (non-hydrogen) atoms. The third kappa shape index (κ3) is 4.27. The fourth-order valence-electron chi connectivity index (χ4n) is 3.05. The highest BCUT2D eigenvalue weighted by Crippen LogP contribution is 2.38. The van der Waals surface area contributed by atoms with E-state index in [0.29, 0.717) is 27.2 Å². The van der Waals surface area contributed by atoms with Crippen LogP contribution >= 0.6 is 34.4 Å². The quantitative estimate of drug-likeness (QED) is 0.163. The average molecular weight is 472 g/mol. The molecule has 4 rings (SSSR count). The van der Waals surface area contributed by atoms with Gasteiger partial charge in [-0.15, -0.1) is 22.7 Å². The third-order valence-electron chi connectivity index (χ3n) is 4.56. The second kappa shape index (κ2) is 8.66. The van der Waals surface area contributed by atoms with E-state index in [-0.39, 0.29) is 17.0 Å². The molecule has 0 spiro atoms. The fraction of sp³-hybridized carbons (Fsp3) is 0.143. The Morgan fingerprint density at radius 2 is 2.16 bits per heavy atom. The number of aryl methyl sites for hydroxylation is 1. The molecule has 3 aromatic heterocycles. The number of aromatic hydroxyl groups is 1. The summed E-state index contributed by atoms with van der Waals surface area (Å²) in [6, 6.07) is 8.10. The molecule has 1 aromatic carbocycles. The summed E-state index contributed by atoms with van der Waals surface area (Å²) in [5.41, 5.74) is 1.13. The van der Waals surface area contributed by atoms with Gasteiger partial charge in [-0.2, -0.15) is 0 Å². The van der Waals surface area contributed by atoms with Crippen molar-refractivity contribution in [3.05, 3.63) is 56.5 Å². The SMILES string of the molecule is Cc1sc2nc(SC(C)C(=O)Nc3cc(C=O)ccc3O)[nH]c(=O)c2c1-c1cccs1. The van der Waals surface area contributed by atoms with E-state index in [1.54, 1.807) is 18.3 Å². The van der Waals surface area contributed by atoms with Crippen LogP contribution in [0.1, 0.15) is 22.2 Å². The molecule has 0 saturated heterocycles. The molecule has 10 heteroatoms. The van der Waals surface area contributed by atoms with E-state index in [2.05, 4.69) is 15.3 Å². The van der Waals surface area contributed by atoms with E-state index < -0.39 is 11.2 Å². The van der Waals surface area contributed by atoms with E-state index >= 15 is 0 Å². The second-order valence-corrected chi connectivity index (χ2v) is 10.2. The Labute approximate surface area is 189 Å². The van der Waals surface area contributed by atoms with Gasteiger partial charge in [-0.3, -0.25) is 14.4 Å². The molecular formula is C21H17N3O4S3. The Hall–Kier alpha value is -2.95. The number of benzene rings is 1. The highest BCUT2D eigenvalue weighted by molar-refractivity contribution is 8.00. The van der Waals surface area contributed by atoms with Gasteiger partial charge in [-0.05, 0) is 43.5 Å². The predicted octanol–water partition coefficient (Wildman–Crippen LogP) is 4.66. The number of fused-ring (bicyclic) bond motifs is 1. The highest BCUT2D eigenvalue weighted by atomic mass is 32.2. The van der Waals surface area contributed by atoms with E-state index in [1.807, 2.05) is 24.4 Å². The van der Waals surface area contributed by atoms with Crippen molar-refractivity contribution in [3.63, 3.8) is 0 Å². The van der Waals surface area contributed by atoms with Crippen LogP contribution in [0.15, 0.2) is 45.7 Å². The highest BCUT2D eigenvalue weighted by Gasteiger charge is 2.21. The summed E-state index contributed by atoms with van der Waals surface area (Å²) in [7, 11) is 0. The zero-order chi connectivity index (χ0) is 22.1. The molecule has 4 aromatic rings. The maximum absolute atomic E-state index is 12.8. The molecule has 0 radical (unpaired) electrons. The second-order valence-electron chi connectivity index (χ2n) is 6.71. The number of nitrogens with one attached hydrogen (secondary N) is 2. The van der Waals surface area contributed by atoms with Crippen molar-refractivity contribution < 1.29 is 14.7 Å². The Balaban J connectivity index is 1.58. The molecular weight excluding hydrogens is 454 g/mol. The summed E-state index contributed by atoms with van der Waals surface area (Å²) in [5, 5.41) is 14.8. The fourth-order valence-corrected chi connectivity index (χ4v) is 5.85. The molecule has 0 aliphatic carbocycles. The number of thiophene rings is 2. The first-order valence-electron chi connectivity index (χ1n) is 9.20. The van der Waals surface area contributed by atoms with Crippen molar-refractivity contribution in [3.8, 4) is 16.2 Å². The summed E-state index contributed by atoms with van der Waals surface area (Å²) in [4.78, 5) is 46.3. The predicted molar refractivity (Wildman–Crippen MR) is 126 cm³/mol. The van der Waals surface area contributed by atoms with Crippen molar-refractivity contribution in [2.75, 3.05) is 5.32 Å². The van der Waals surface area contributed by atoms with Gasteiger partial charge in [0.25, 0.3) is 5.56 Å². The normalized spacial score (nSPS) is 12.1. The van der Waals surface area contributed by atoms with Crippen LogP contribution in [0.3, 0.4) is 0 Å². The number of phenols is 1. The van der Waals surface area contributed by atoms with Crippen molar-refractivity contribution in [1.82, 2.24) is 9.97 Å². The molecule has 1 amide bonds. The lowest BCUT2D eigenvalue weighted by atomic mass is 10.1. The third-order valence-corrected chi connectivity index (χ3v) is 7.43. The van der Waals surface area contributed by atoms with Crippen LogP contribution in [0.25, 0.3) is 20.7 Å². The number of anilines is 1. The average Bonchev–Trinajstić information content (AvgIpc) is 3.36. The largest absolute Gasteiger partial charge is 0.506 e. The molecule has 0 bridgehead atoms. The summed E-state index contributed by atoms with van der Waals surface area (Å²) in [5.74, 6) is -0.535. The first-order valence-corrected chi connectivity index (χ1v) is 11.8. The van der Waals surface area contributed by atoms with Gasteiger partial charge in [-0.1, -0.05) is 17.8 Å². The molecule has 0 fully saturated rings. The number of aromatic amines is 1. The van der Waals surface area contributed by atoms with Crippen LogP contribution < -0.4 is 10.9 Å². The molecule has 3 heterocycles. The maximum Gasteiger partial charge on any atom is 0.260 e. The number of aromatic nitrogens is 2. The zero-order valence-electron chi connectivity index (χ0n) is 16.5. The van der Waals surface area contributed by atoms with Gasteiger partial charge >= 0.3 is 0 Å². The topological polar surface area (TPSA) is 112 Å². The van der Waals surface area contributed by atoms with Gasteiger partial charge in [0.1, 0.15) is 16.9 Å². The van der Waals surface area contributed by atoms with Crippen LogP contribution in [-0.2, 0) is 4.79 Å². The van der Waals surface area contributed by atoms with Crippen molar-refractivity contribution in [2.24, 2.45) is 0 Å². The summed E-state index contributed by atoms with van der Waals surface area (Å²) in [6.07, 6.45) is 0.630. The van der Waals surface area contributed by atoms with Crippen LogP contribution in [0.4, 0.5) is 5.69 Å². The maximum atomic E-state index is 12.8. The minimum absolute atomic E-state index is 0.140. The number of amides is 1. The molecule has 1 unspecified atom stereocenters. The van der Waals surface area contributed by atoms with Gasteiger partial charge in [0.2, 0.25) is 5.91 Å². The number of carbonyl (C=O) groups is 2. The lowest BCUT2D eigenvalue weighted by molar-refractivity contribution is -0.115. The van der Waals surface area contributed by atoms with Crippen LogP contribution in [0, 0.1) is 6.92 Å². The monoisotopic (exact) mass is 471 g/mol. The van der Waals surface area contributed by atoms with Crippen LogP contribution in [0.2, 0.25) is 0 Å². The smallest absolute Gasteiger partial charge is 0.260 e. The molecule has 0 aliphatic heterocycles. The first kappa shape index (κ1) is 21.3. The van der Waals surface area contributed by atoms with E-state index in [1.165, 1.54) is 29.5 Å². The lowest BCUT2D eigenvalue weighted by Crippen LogP contribution is -2.23. The lowest BCUT2D eigenvalue weighted by Gasteiger charge is -2.12. The number of nitrogens with zero attached hydrogens (tertiary/aromatic N) is 1. The Morgan fingerprint density at radius 1 is 1.35 bits per heavy atom. The summed E-state index contributed by atoms with van der Waals surface area (Å²) < 4.78 is 0. The van der Waals surface area contributed by atoms with Gasteiger partial charge in [-0.25, -0.2) is 4.98 Å². The zero-order valence-corrected chi connectivity index (χ0v) is 18.9. The number of aldehydes is 1. The molecule has 0 saturated carbocycles. The van der Waals surface area contributed by atoms with Crippen molar-refractivity contribution in [1.29, 1.82) is 0 Å². The molecule has 3 N–H and O–H groups in total. The van der Waals surface area contributed by atoms with E-state index in [4.69, 9.17) is 0 Å². The number of hydrogen-bond donors (Lipinski definition) is 3. The van der Waals surface area contributed by atoms with Crippen LogP contribution in [0.5, 0.6) is 5.75 Å². The first-order chi connectivity index (χ1) is 14.9. The van der Waals surface area contributed by atoms with Gasteiger partial charge in [0, 0.05) is 20.9 Å². The number of rotatable bonds is 6. The van der Waals surface area contributed by atoms with Gasteiger partial charge in [0.05, 0.1) is 16.3 Å². The number of thioether (sulfide) groups is 1. The summed E-state index contributed by atoms with van der Waals surface area (Å²) >= 11 is 4.12. The number of hydrogen-bond acceptors (Lipinski definition) is 8. The Bertz CT molecular complexity index is 1340. The molecule has 0 aliphatic rings. The Kier molecular flexibility index (Phi) is 5.94. The van der Waals surface area contributed by atoms with Crippen molar-refractivity contribution in [2.45, 2.75) is 24.3 Å².